The molecule has 0 amide bonds. The molecule has 168 valence electrons. The van der Waals surface area contributed by atoms with Crippen LogP contribution in [0.15, 0.2) is 109 Å². The molecular formula is C29H18N6O+2. The van der Waals surface area contributed by atoms with Gasteiger partial charge in [-0.15, -0.1) is 4.68 Å². The molecule has 1 spiro atoms. The minimum absolute atomic E-state index is 0.760. The van der Waals surface area contributed by atoms with E-state index in [9.17, 15) is 0 Å². The molecule has 3 aliphatic heterocycles. The summed E-state index contributed by atoms with van der Waals surface area (Å²) in [6, 6.07) is 33.5. The van der Waals surface area contributed by atoms with Gasteiger partial charge in [0.25, 0.3) is 0 Å². The smallest absolute Gasteiger partial charge is 0.404 e. The molecule has 3 aliphatic rings. The van der Waals surface area contributed by atoms with Crippen LogP contribution in [-0.2, 0) is 5.79 Å². The number of ether oxygens (including phenoxy) is 1. The fourth-order valence-corrected chi connectivity index (χ4v) is 6.03. The van der Waals surface area contributed by atoms with Crippen LogP contribution in [0.1, 0.15) is 5.56 Å². The summed E-state index contributed by atoms with van der Waals surface area (Å²) in [5.41, 5.74) is 8.51. The van der Waals surface area contributed by atoms with Crippen molar-refractivity contribution in [2.24, 2.45) is 0 Å². The first-order valence-electron chi connectivity index (χ1n) is 11.9. The van der Waals surface area contributed by atoms with Gasteiger partial charge < -0.3 is 4.74 Å². The first-order valence-corrected chi connectivity index (χ1v) is 11.9. The van der Waals surface area contributed by atoms with Gasteiger partial charge >= 0.3 is 11.7 Å². The Hall–Kier alpha value is -5.04. The van der Waals surface area contributed by atoms with E-state index in [1.54, 1.807) is 0 Å². The quantitative estimate of drug-likeness (QED) is 0.360. The predicted octanol–water partition coefficient (Wildman–Crippen LogP) is 4.13. The summed E-state index contributed by atoms with van der Waals surface area (Å²) >= 11 is 0. The van der Waals surface area contributed by atoms with Crippen LogP contribution in [0.4, 0.5) is 0 Å². The second kappa shape index (κ2) is 6.14. The fraction of sp³-hybridized carbons (Fsp3) is 0.0345. The summed E-state index contributed by atoms with van der Waals surface area (Å²) in [6.45, 7) is 0. The van der Waals surface area contributed by atoms with E-state index in [1.807, 2.05) is 47.5 Å². The normalized spacial score (nSPS) is 17.2. The topological polar surface area (TPSA) is 52.6 Å². The third-order valence-electron chi connectivity index (χ3n) is 7.50. The van der Waals surface area contributed by atoms with Gasteiger partial charge in [-0.25, -0.2) is 0 Å². The van der Waals surface area contributed by atoms with Crippen molar-refractivity contribution in [2.45, 2.75) is 5.79 Å². The zero-order valence-electron chi connectivity index (χ0n) is 19.0. The van der Waals surface area contributed by atoms with Gasteiger partial charge in [-0.2, -0.15) is 5.10 Å². The third-order valence-corrected chi connectivity index (χ3v) is 7.50. The summed E-state index contributed by atoms with van der Waals surface area (Å²) in [5, 5.41) is 9.88. The molecule has 9 rings (SSSR count). The number of pyridine rings is 1. The molecule has 0 aliphatic carbocycles. The van der Waals surface area contributed by atoms with Crippen LogP contribution < -0.4 is 14.0 Å². The zero-order valence-corrected chi connectivity index (χ0v) is 19.0. The van der Waals surface area contributed by atoms with E-state index >= 15 is 0 Å². The van der Waals surface area contributed by atoms with Gasteiger partial charge in [-0.1, -0.05) is 69.9 Å². The van der Waals surface area contributed by atoms with E-state index in [0.717, 1.165) is 45.5 Å². The standard InChI is InChI=1S/C29H18N6O/c1-2-6-19(7-3-1)20-12-14-21(15-13-20)22-18-25-23-8-5-11-27-33(23)29(34(25)31-22)28-24(9-4-10-26(28)36-27)35-30-16-17-32(29)35/h1-18H/q+2. The number of fused-ring (bicyclic) bond motifs is 4. The highest BCUT2D eigenvalue weighted by atomic mass is 16.5. The van der Waals surface area contributed by atoms with E-state index in [2.05, 4.69) is 85.8 Å². The van der Waals surface area contributed by atoms with Gasteiger partial charge in [0, 0.05) is 16.7 Å². The molecule has 7 nitrogen and oxygen atoms in total. The number of hydrogen-bond acceptors (Lipinski definition) is 3. The van der Waals surface area contributed by atoms with E-state index in [0.29, 0.717) is 0 Å². The molecule has 0 bridgehead atoms. The molecule has 0 radical (unpaired) electrons. The highest BCUT2D eigenvalue weighted by Gasteiger charge is 2.71. The van der Waals surface area contributed by atoms with Gasteiger partial charge in [-0.05, 0) is 40.2 Å². The highest BCUT2D eigenvalue weighted by Crippen LogP contribution is 2.48. The Labute approximate surface area is 205 Å². The van der Waals surface area contributed by atoms with Gasteiger partial charge in [-0.3, -0.25) is 0 Å². The summed E-state index contributed by atoms with van der Waals surface area (Å²) in [6.07, 6.45) is 3.83. The third kappa shape index (κ3) is 1.98. The van der Waals surface area contributed by atoms with Crippen LogP contribution in [0, 0.1) is 0 Å². The molecule has 0 N–H and O–H groups in total. The predicted molar refractivity (Wildman–Crippen MR) is 130 cm³/mol. The SMILES string of the molecule is c1ccc(-c2ccc(-c3cc4n(n3)C35c6c(cccc6-n6ncc[n+]63)Oc3cccc-4[n+]35)cc2)cc1. The highest BCUT2D eigenvalue weighted by molar-refractivity contribution is 5.72. The number of aromatic nitrogens is 6. The fourth-order valence-electron chi connectivity index (χ4n) is 6.03. The van der Waals surface area contributed by atoms with Crippen molar-refractivity contribution in [1.29, 1.82) is 0 Å². The molecule has 6 aromatic rings. The number of nitrogens with zero attached hydrogens (tertiary/aromatic N) is 6. The Morgan fingerprint density at radius 2 is 1.58 bits per heavy atom. The molecule has 0 saturated heterocycles. The second-order valence-corrected chi connectivity index (χ2v) is 9.29. The van der Waals surface area contributed by atoms with Gasteiger partial charge in [0.05, 0.1) is 11.8 Å². The molecule has 0 fully saturated rings. The van der Waals surface area contributed by atoms with Crippen LogP contribution in [0.25, 0.3) is 39.5 Å². The van der Waals surface area contributed by atoms with E-state index < -0.39 is 5.79 Å². The van der Waals surface area contributed by atoms with Gasteiger partial charge in [0.15, 0.2) is 17.5 Å². The van der Waals surface area contributed by atoms with Crippen molar-refractivity contribution in [3.05, 3.63) is 115 Å². The Balaban J connectivity index is 1.30. The van der Waals surface area contributed by atoms with Crippen molar-refractivity contribution in [3.63, 3.8) is 0 Å². The van der Waals surface area contributed by atoms with Crippen LogP contribution in [0.5, 0.6) is 11.6 Å². The van der Waals surface area contributed by atoms with Gasteiger partial charge in [0.2, 0.25) is 11.9 Å². The number of hydrogen-bond donors (Lipinski definition) is 0. The Morgan fingerprint density at radius 3 is 2.47 bits per heavy atom. The first kappa shape index (κ1) is 18.3. The van der Waals surface area contributed by atoms with Crippen LogP contribution >= 0.6 is 0 Å². The molecular weight excluding hydrogens is 448 g/mol. The Morgan fingerprint density at radius 1 is 0.778 bits per heavy atom. The van der Waals surface area contributed by atoms with Crippen molar-refractivity contribution >= 4 is 0 Å². The summed E-state index contributed by atoms with van der Waals surface area (Å²) in [5.74, 6) is 0.836. The molecule has 6 heterocycles. The molecule has 0 saturated carbocycles. The van der Waals surface area contributed by atoms with E-state index in [4.69, 9.17) is 9.84 Å². The minimum Gasteiger partial charge on any atom is -0.404 e. The van der Waals surface area contributed by atoms with E-state index in [-0.39, 0.29) is 0 Å². The molecule has 3 aromatic heterocycles. The summed E-state index contributed by atoms with van der Waals surface area (Å²) in [4.78, 5) is 1.94. The van der Waals surface area contributed by atoms with E-state index in [1.165, 1.54) is 11.1 Å². The van der Waals surface area contributed by atoms with Crippen molar-refractivity contribution in [2.75, 3.05) is 0 Å². The second-order valence-electron chi connectivity index (χ2n) is 9.29. The monoisotopic (exact) mass is 466 g/mol. The molecule has 36 heavy (non-hydrogen) atoms. The maximum atomic E-state index is 6.39. The largest absolute Gasteiger partial charge is 0.467 e. The lowest BCUT2D eigenvalue weighted by Crippen LogP contribution is -2.76. The van der Waals surface area contributed by atoms with Gasteiger partial charge in [0.1, 0.15) is 11.4 Å². The first-order chi connectivity index (χ1) is 17.8. The summed E-state index contributed by atoms with van der Waals surface area (Å²) < 4.78 is 12.9. The van der Waals surface area contributed by atoms with Crippen LogP contribution in [-0.4, -0.2) is 19.7 Å². The Bertz CT molecular complexity index is 1870. The number of rotatable bonds is 2. The zero-order chi connectivity index (χ0) is 23.4. The van der Waals surface area contributed by atoms with Crippen molar-refractivity contribution < 1.29 is 14.0 Å². The maximum Gasteiger partial charge on any atom is 0.467 e. The lowest BCUT2D eigenvalue weighted by Gasteiger charge is -2.24. The average Bonchev–Trinajstić information content (AvgIpc) is 3.69. The Kier molecular flexibility index (Phi) is 3.12. The minimum atomic E-state index is -0.760. The van der Waals surface area contributed by atoms with Crippen molar-refractivity contribution in [1.82, 2.24) is 19.7 Å². The average molecular weight is 467 g/mol. The number of benzene rings is 3. The van der Waals surface area contributed by atoms with Crippen molar-refractivity contribution in [3.8, 4) is 51.1 Å². The lowest BCUT2D eigenvalue weighted by atomic mass is 10.0. The van der Waals surface area contributed by atoms with Crippen LogP contribution in [0.2, 0.25) is 0 Å². The molecule has 3 aromatic carbocycles. The lowest BCUT2D eigenvalue weighted by molar-refractivity contribution is -1.01. The molecule has 1 unspecified atom stereocenters. The molecule has 7 heteroatoms. The summed E-state index contributed by atoms with van der Waals surface area (Å²) in [7, 11) is 0. The molecule has 1 atom stereocenters. The maximum absolute atomic E-state index is 6.39. The van der Waals surface area contributed by atoms with Crippen LogP contribution in [0.3, 0.4) is 0 Å².